The van der Waals surface area contributed by atoms with Crippen molar-refractivity contribution in [3.8, 4) is 0 Å². The standard InChI is InChI=1S/C23H27NO3/c1-15-20(23(26)27-17-11-6-3-7-12-17)21(16-9-4-2-5-10-16)22-18(24-15)13-8-14-19(22)25/h2,4-5,9-10,17,21,24H,3,6-8,11-14H2,1H3/t21-/m1/s1. The van der Waals surface area contributed by atoms with Crippen LogP contribution in [0.5, 0.6) is 0 Å². The quantitative estimate of drug-likeness (QED) is 0.800. The average Bonchev–Trinajstić information content (AvgIpc) is 2.68. The normalized spacial score (nSPS) is 23.7. The van der Waals surface area contributed by atoms with Gasteiger partial charge < -0.3 is 10.1 Å². The lowest BCUT2D eigenvalue weighted by atomic mass is 9.75. The predicted molar refractivity (Wildman–Crippen MR) is 104 cm³/mol. The lowest BCUT2D eigenvalue weighted by molar-refractivity contribution is -0.146. The molecule has 4 heteroatoms. The highest BCUT2D eigenvalue weighted by Gasteiger charge is 2.39. The van der Waals surface area contributed by atoms with Gasteiger partial charge in [-0.2, -0.15) is 0 Å². The molecule has 4 rings (SSSR count). The third-order valence-electron chi connectivity index (χ3n) is 5.95. The maximum Gasteiger partial charge on any atom is 0.337 e. The number of rotatable bonds is 3. The predicted octanol–water partition coefficient (Wildman–Crippen LogP) is 4.53. The molecule has 1 fully saturated rings. The second-order valence-corrected chi connectivity index (χ2v) is 7.84. The van der Waals surface area contributed by atoms with Gasteiger partial charge in [-0.15, -0.1) is 0 Å². The molecule has 0 bridgehead atoms. The minimum Gasteiger partial charge on any atom is -0.459 e. The number of dihydropyridines is 1. The highest BCUT2D eigenvalue weighted by molar-refractivity contribution is 6.03. The van der Waals surface area contributed by atoms with E-state index in [0.29, 0.717) is 12.0 Å². The molecule has 0 radical (unpaired) electrons. The number of allylic oxidation sites excluding steroid dienone is 3. The number of hydrogen-bond acceptors (Lipinski definition) is 4. The number of nitrogens with one attached hydrogen (secondary N) is 1. The Hall–Kier alpha value is -2.36. The van der Waals surface area contributed by atoms with E-state index in [4.69, 9.17) is 4.74 Å². The van der Waals surface area contributed by atoms with Crippen molar-refractivity contribution in [1.29, 1.82) is 0 Å². The van der Waals surface area contributed by atoms with Crippen LogP contribution < -0.4 is 5.32 Å². The fourth-order valence-electron chi connectivity index (χ4n) is 4.63. The van der Waals surface area contributed by atoms with Crippen molar-refractivity contribution in [3.05, 3.63) is 58.4 Å². The SMILES string of the molecule is CC1=C(C(=O)OC2CCCCC2)[C@@H](c2ccccc2)C2=C(CCCC2=O)N1. The van der Waals surface area contributed by atoms with Crippen molar-refractivity contribution in [2.24, 2.45) is 0 Å². The number of ether oxygens (including phenoxy) is 1. The molecule has 2 aliphatic carbocycles. The minimum absolute atomic E-state index is 0.000377. The average molecular weight is 365 g/mol. The van der Waals surface area contributed by atoms with Gasteiger partial charge in [-0.3, -0.25) is 4.79 Å². The number of ketones is 1. The van der Waals surface area contributed by atoms with E-state index in [1.807, 2.05) is 37.3 Å². The molecule has 1 heterocycles. The lowest BCUT2D eigenvalue weighted by Crippen LogP contribution is -2.35. The molecule has 0 unspecified atom stereocenters. The summed E-state index contributed by atoms with van der Waals surface area (Å²) in [6.07, 6.45) is 7.59. The lowest BCUT2D eigenvalue weighted by Gasteiger charge is -2.35. The summed E-state index contributed by atoms with van der Waals surface area (Å²) in [5.41, 5.74) is 4.14. The van der Waals surface area contributed by atoms with Gasteiger partial charge in [0.25, 0.3) is 0 Å². The van der Waals surface area contributed by atoms with E-state index in [1.165, 1.54) is 6.42 Å². The van der Waals surface area contributed by atoms with Crippen molar-refractivity contribution in [1.82, 2.24) is 5.32 Å². The van der Waals surface area contributed by atoms with Crippen LogP contribution in [0.25, 0.3) is 0 Å². The number of hydrogen-bond donors (Lipinski definition) is 1. The Kier molecular flexibility index (Phi) is 5.15. The van der Waals surface area contributed by atoms with Crippen LogP contribution in [0.1, 0.15) is 69.8 Å². The van der Waals surface area contributed by atoms with E-state index >= 15 is 0 Å². The van der Waals surface area contributed by atoms with Crippen molar-refractivity contribution in [2.75, 3.05) is 0 Å². The Labute approximate surface area is 160 Å². The Morgan fingerprint density at radius 3 is 2.52 bits per heavy atom. The van der Waals surface area contributed by atoms with E-state index < -0.39 is 0 Å². The van der Waals surface area contributed by atoms with Gasteiger partial charge in [0.2, 0.25) is 0 Å². The van der Waals surface area contributed by atoms with Gasteiger partial charge in [0.05, 0.1) is 5.57 Å². The highest BCUT2D eigenvalue weighted by atomic mass is 16.5. The second kappa shape index (κ2) is 7.71. The van der Waals surface area contributed by atoms with Crippen LogP contribution >= 0.6 is 0 Å². The summed E-state index contributed by atoms with van der Waals surface area (Å²) in [7, 11) is 0. The first-order chi connectivity index (χ1) is 13.1. The highest BCUT2D eigenvalue weighted by Crippen LogP contribution is 2.42. The molecule has 3 aliphatic rings. The summed E-state index contributed by atoms with van der Waals surface area (Å²) in [5, 5.41) is 3.35. The second-order valence-electron chi connectivity index (χ2n) is 7.84. The molecule has 1 aromatic rings. The number of esters is 1. The van der Waals surface area contributed by atoms with Crippen LogP contribution in [-0.4, -0.2) is 17.9 Å². The summed E-state index contributed by atoms with van der Waals surface area (Å²) >= 11 is 0. The molecule has 0 spiro atoms. The molecule has 1 aliphatic heterocycles. The number of carbonyl (C=O) groups excluding carboxylic acids is 2. The van der Waals surface area contributed by atoms with Gasteiger partial charge in [-0.25, -0.2) is 4.79 Å². The van der Waals surface area contributed by atoms with Gasteiger partial charge in [-0.1, -0.05) is 36.8 Å². The molecule has 1 N–H and O–H groups in total. The smallest absolute Gasteiger partial charge is 0.337 e. The Morgan fingerprint density at radius 1 is 1.04 bits per heavy atom. The summed E-state index contributed by atoms with van der Waals surface area (Å²) in [6.45, 7) is 1.93. The summed E-state index contributed by atoms with van der Waals surface area (Å²) in [6, 6.07) is 9.89. The zero-order chi connectivity index (χ0) is 18.8. The molecule has 1 saturated carbocycles. The molecule has 0 amide bonds. The van der Waals surface area contributed by atoms with Crippen LogP contribution in [0.3, 0.4) is 0 Å². The van der Waals surface area contributed by atoms with Crippen molar-refractivity contribution < 1.29 is 14.3 Å². The monoisotopic (exact) mass is 365 g/mol. The van der Waals surface area contributed by atoms with Crippen LogP contribution in [0, 0.1) is 0 Å². The summed E-state index contributed by atoms with van der Waals surface area (Å²) in [5.74, 6) is -0.454. The topological polar surface area (TPSA) is 55.4 Å². The van der Waals surface area contributed by atoms with Crippen LogP contribution in [0.15, 0.2) is 52.9 Å². The van der Waals surface area contributed by atoms with Crippen molar-refractivity contribution in [2.45, 2.75) is 70.3 Å². The number of Topliss-reactive ketones (excluding diaryl/α,β-unsaturated/α-hetero) is 1. The van der Waals surface area contributed by atoms with E-state index in [0.717, 1.165) is 61.1 Å². The van der Waals surface area contributed by atoms with Gasteiger partial charge >= 0.3 is 5.97 Å². The fourth-order valence-corrected chi connectivity index (χ4v) is 4.63. The summed E-state index contributed by atoms with van der Waals surface area (Å²) < 4.78 is 5.90. The molecule has 4 nitrogen and oxygen atoms in total. The zero-order valence-electron chi connectivity index (χ0n) is 15.9. The largest absolute Gasteiger partial charge is 0.459 e. The molecular weight excluding hydrogens is 338 g/mol. The molecule has 0 aromatic heterocycles. The van der Waals surface area contributed by atoms with E-state index in [2.05, 4.69) is 5.32 Å². The van der Waals surface area contributed by atoms with Gasteiger partial charge in [0, 0.05) is 29.3 Å². The third kappa shape index (κ3) is 3.58. The molecule has 27 heavy (non-hydrogen) atoms. The molecule has 0 saturated heterocycles. The Morgan fingerprint density at radius 2 is 1.78 bits per heavy atom. The van der Waals surface area contributed by atoms with Crippen LogP contribution in [0.4, 0.5) is 0 Å². The molecule has 1 atom stereocenters. The van der Waals surface area contributed by atoms with Gasteiger partial charge in [-0.05, 0) is 51.0 Å². The maximum absolute atomic E-state index is 13.2. The Bertz CT molecular complexity index is 800. The minimum atomic E-state index is -0.327. The van der Waals surface area contributed by atoms with E-state index in [9.17, 15) is 9.59 Å². The first-order valence-electron chi connectivity index (χ1n) is 10.1. The Balaban J connectivity index is 1.71. The summed E-state index contributed by atoms with van der Waals surface area (Å²) in [4.78, 5) is 26.0. The maximum atomic E-state index is 13.2. The molecular formula is C23H27NO3. The molecule has 1 aromatic carbocycles. The van der Waals surface area contributed by atoms with Gasteiger partial charge in [0.15, 0.2) is 5.78 Å². The molecule has 142 valence electrons. The first-order valence-corrected chi connectivity index (χ1v) is 10.1. The van der Waals surface area contributed by atoms with Crippen molar-refractivity contribution in [3.63, 3.8) is 0 Å². The van der Waals surface area contributed by atoms with Gasteiger partial charge in [0.1, 0.15) is 6.10 Å². The number of carbonyl (C=O) groups is 2. The van der Waals surface area contributed by atoms with E-state index in [1.54, 1.807) is 0 Å². The van der Waals surface area contributed by atoms with Crippen LogP contribution in [-0.2, 0) is 14.3 Å². The van der Waals surface area contributed by atoms with Crippen molar-refractivity contribution >= 4 is 11.8 Å². The van der Waals surface area contributed by atoms with E-state index in [-0.39, 0.29) is 23.8 Å². The third-order valence-corrected chi connectivity index (χ3v) is 5.95. The zero-order valence-corrected chi connectivity index (χ0v) is 15.9. The first kappa shape index (κ1) is 18.0. The fraction of sp³-hybridized carbons (Fsp3) is 0.478. The van der Waals surface area contributed by atoms with Crippen LogP contribution in [0.2, 0.25) is 0 Å². The number of benzene rings is 1.